The second-order valence-electron chi connectivity index (χ2n) is 5.39. The third-order valence-electron chi connectivity index (χ3n) is 3.09. The number of ketones is 1. The van der Waals surface area contributed by atoms with Gasteiger partial charge in [0.1, 0.15) is 12.4 Å². The maximum atomic E-state index is 12.4. The van der Waals surface area contributed by atoms with Gasteiger partial charge in [0.2, 0.25) is 3.79 Å². The molecule has 0 aromatic heterocycles. The summed E-state index contributed by atoms with van der Waals surface area (Å²) < 4.78 is 8.73. The first-order valence-electron chi connectivity index (χ1n) is 8.01. The van der Waals surface area contributed by atoms with E-state index in [-0.39, 0.29) is 18.9 Å². The molecule has 1 amide bonds. The minimum atomic E-state index is -1.69. The average molecular weight is 411 g/mol. The average Bonchev–Trinajstić information content (AvgIpc) is 2.57. The molecule has 0 spiro atoms. The van der Waals surface area contributed by atoms with Crippen molar-refractivity contribution in [1.29, 1.82) is 0 Å². The Morgan fingerprint density at radius 3 is 2.24 bits per heavy atom. The standard InChI is InChI=1S/C17H22Cl3NO4/c1-3-9-21(16(23)25-12-17(18,19)20)11-15(22)13-5-7-14(8-6-13)24-10-4-2/h5-8H,3-4,9-12H2,1-2H3. The normalized spacial score (nSPS) is 11.1. The zero-order valence-electron chi connectivity index (χ0n) is 14.3. The summed E-state index contributed by atoms with van der Waals surface area (Å²) >= 11 is 16.7. The summed E-state index contributed by atoms with van der Waals surface area (Å²) in [5.74, 6) is 0.493. The summed E-state index contributed by atoms with van der Waals surface area (Å²) in [5, 5.41) is 0. The molecule has 0 N–H and O–H groups in total. The van der Waals surface area contributed by atoms with Gasteiger partial charge in [-0.05, 0) is 37.1 Å². The van der Waals surface area contributed by atoms with Gasteiger partial charge in [-0.1, -0.05) is 48.7 Å². The van der Waals surface area contributed by atoms with Crippen LogP contribution in [0.3, 0.4) is 0 Å². The molecule has 0 aliphatic heterocycles. The van der Waals surface area contributed by atoms with Gasteiger partial charge in [-0.25, -0.2) is 4.79 Å². The van der Waals surface area contributed by atoms with Crippen molar-refractivity contribution in [2.24, 2.45) is 0 Å². The van der Waals surface area contributed by atoms with Gasteiger partial charge in [0.05, 0.1) is 13.2 Å². The van der Waals surface area contributed by atoms with Crippen molar-refractivity contribution < 1.29 is 19.1 Å². The lowest BCUT2D eigenvalue weighted by molar-refractivity contribution is 0.0832. The molecule has 0 unspecified atom stereocenters. The van der Waals surface area contributed by atoms with Crippen LogP contribution < -0.4 is 4.74 Å². The summed E-state index contributed by atoms with van der Waals surface area (Å²) in [6.07, 6.45) is 0.882. The molecule has 140 valence electrons. The number of halogens is 3. The highest BCUT2D eigenvalue weighted by atomic mass is 35.6. The van der Waals surface area contributed by atoms with Crippen LogP contribution in [-0.2, 0) is 4.74 Å². The number of benzene rings is 1. The predicted octanol–water partition coefficient (Wildman–Crippen LogP) is 4.88. The minimum Gasteiger partial charge on any atom is -0.494 e. The molecule has 25 heavy (non-hydrogen) atoms. The monoisotopic (exact) mass is 409 g/mol. The largest absolute Gasteiger partial charge is 0.494 e. The fourth-order valence-corrected chi connectivity index (χ4v) is 2.12. The van der Waals surface area contributed by atoms with Gasteiger partial charge in [-0.15, -0.1) is 0 Å². The lowest BCUT2D eigenvalue weighted by Gasteiger charge is -2.22. The molecule has 8 heteroatoms. The maximum absolute atomic E-state index is 12.4. The molecule has 0 heterocycles. The van der Waals surface area contributed by atoms with Crippen molar-refractivity contribution >= 4 is 46.7 Å². The Labute approximate surface area is 163 Å². The summed E-state index contributed by atoms with van der Waals surface area (Å²) in [5.41, 5.74) is 0.485. The highest BCUT2D eigenvalue weighted by Gasteiger charge is 2.25. The van der Waals surface area contributed by atoms with Crippen molar-refractivity contribution in [3.8, 4) is 5.75 Å². The number of carbonyl (C=O) groups excluding carboxylic acids is 2. The summed E-state index contributed by atoms with van der Waals surface area (Å²) in [7, 11) is 0. The van der Waals surface area contributed by atoms with Crippen LogP contribution >= 0.6 is 34.8 Å². The van der Waals surface area contributed by atoms with E-state index in [0.29, 0.717) is 30.9 Å². The highest BCUT2D eigenvalue weighted by molar-refractivity contribution is 6.67. The van der Waals surface area contributed by atoms with E-state index in [0.717, 1.165) is 6.42 Å². The van der Waals surface area contributed by atoms with E-state index < -0.39 is 9.89 Å². The minimum absolute atomic E-state index is 0.109. The Bertz CT molecular complexity index is 558. The summed E-state index contributed by atoms with van der Waals surface area (Å²) in [6.45, 7) is 4.40. The fourth-order valence-electron chi connectivity index (χ4n) is 1.96. The number of hydrogen-bond acceptors (Lipinski definition) is 4. The lowest BCUT2D eigenvalue weighted by Crippen LogP contribution is -2.38. The van der Waals surface area contributed by atoms with Gasteiger partial charge in [0, 0.05) is 12.1 Å². The first-order chi connectivity index (χ1) is 11.8. The first kappa shape index (κ1) is 21.9. The zero-order valence-corrected chi connectivity index (χ0v) is 16.5. The molecule has 0 radical (unpaired) electrons. The van der Waals surface area contributed by atoms with Crippen LogP contribution in [0.2, 0.25) is 0 Å². The number of alkyl halides is 3. The third-order valence-corrected chi connectivity index (χ3v) is 3.42. The first-order valence-corrected chi connectivity index (χ1v) is 9.14. The number of hydrogen-bond donors (Lipinski definition) is 0. The van der Waals surface area contributed by atoms with Gasteiger partial charge in [0.25, 0.3) is 0 Å². The zero-order chi connectivity index (χ0) is 18.9. The van der Waals surface area contributed by atoms with Crippen LogP contribution in [0.15, 0.2) is 24.3 Å². The van der Waals surface area contributed by atoms with E-state index >= 15 is 0 Å². The van der Waals surface area contributed by atoms with Gasteiger partial charge in [-0.2, -0.15) is 0 Å². The van der Waals surface area contributed by atoms with Crippen LogP contribution in [0.25, 0.3) is 0 Å². The fraction of sp³-hybridized carbons (Fsp3) is 0.529. The maximum Gasteiger partial charge on any atom is 0.410 e. The van der Waals surface area contributed by atoms with E-state index in [1.54, 1.807) is 24.3 Å². The molecule has 0 saturated heterocycles. The van der Waals surface area contributed by atoms with E-state index in [1.807, 2.05) is 13.8 Å². The number of carbonyl (C=O) groups is 2. The van der Waals surface area contributed by atoms with Gasteiger partial charge < -0.3 is 14.4 Å². The Morgan fingerprint density at radius 1 is 1.08 bits per heavy atom. The molecule has 0 fully saturated rings. The highest BCUT2D eigenvalue weighted by Crippen LogP contribution is 2.26. The van der Waals surface area contributed by atoms with E-state index in [9.17, 15) is 9.59 Å². The van der Waals surface area contributed by atoms with Crippen molar-refractivity contribution in [2.45, 2.75) is 30.5 Å². The Balaban J connectivity index is 2.67. The molecule has 0 saturated carbocycles. The smallest absolute Gasteiger partial charge is 0.410 e. The molecule has 0 aliphatic rings. The van der Waals surface area contributed by atoms with Crippen molar-refractivity contribution in [3.05, 3.63) is 29.8 Å². The molecule has 1 aromatic carbocycles. The molecule has 0 aliphatic carbocycles. The number of amides is 1. The van der Waals surface area contributed by atoms with Crippen LogP contribution in [0.5, 0.6) is 5.75 Å². The van der Waals surface area contributed by atoms with E-state index in [1.165, 1.54) is 4.90 Å². The lowest BCUT2D eigenvalue weighted by atomic mass is 10.1. The van der Waals surface area contributed by atoms with Gasteiger partial charge in [-0.3, -0.25) is 4.79 Å². The molecule has 0 atom stereocenters. The quantitative estimate of drug-likeness (QED) is 0.430. The Kier molecular flexibility index (Phi) is 9.39. The van der Waals surface area contributed by atoms with Crippen LogP contribution in [-0.4, -0.2) is 46.9 Å². The van der Waals surface area contributed by atoms with E-state index in [2.05, 4.69) is 0 Å². The SMILES string of the molecule is CCCOc1ccc(C(=O)CN(CCC)C(=O)OCC(Cl)(Cl)Cl)cc1. The van der Waals surface area contributed by atoms with Crippen LogP contribution in [0.1, 0.15) is 37.0 Å². The Hall–Kier alpha value is -1.17. The third kappa shape index (κ3) is 8.66. The predicted molar refractivity (Wildman–Crippen MR) is 100 cm³/mol. The number of rotatable bonds is 9. The second kappa shape index (κ2) is 10.7. The van der Waals surface area contributed by atoms with Crippen molar-refractivity contribution in [2.75, 3.05) is 26.3 Å². The number of Topliss-reactive ketones (excluding diaryl/α,β-unsaturated/α-hetero) is 1. The molecule has 1 aromatic rings. The molecule has 5 nitrogen and oxygen atoms in total. The molecular formula is C17H22Cl3NO4. The topological polar surface area (TPSA) is 55.8 Å². The number of ether oxygens (including phenoxy) is 2. The van der Waals surface area contributed by atoms with Crippen LogP contribution in [0, 0.1) is 0 Å². The summed E-state index contributed by atoms with van der Waals surface area (Å²) in [6, 6.07) is 6.80. The molecule has 1 rings (SSSR count). The Morgan fingerprint density at radius 2 is 1.72 bits per heavy atom. The van der Waals surface area contributed by atoms with Gasteiger partial charge in [0.15, 0.2) is 5.78 Å². The second-order valence-corrected chi connectivity index (χ2v) is 7.90. The van der Waals surface area contributed by atoms with Crippen molar-refractivity contribution in [1.82, 2.24) is 4.90 Å². The van der Waals surface area contributed by atoms with Crippen molar-refractivity contribution in [3.63, 3.8) is 0 Å². The van der Waals surface area contributed by atoms with Gasteiger partial charge >= 0.3 is 6.09 Å². The van der Waals surface area contributed by atoms with Crippen LogP contribution in [0.4, 0.5) is 4.79 Å². The van der Waals surface area contributed by atoms with E-state index in [4.69, 9.17) is 44.3 Å². The molecule has 0 bridgehead atoms. The molecular weight excluding hydrogens is 389 g/mol. The summed E-state index contributed by atoms with van der Waals surface area (Å²) in [4.78, 5) is 25.8. The number of nitrogens with zero attached hydrogens (tertiary/aromatic N) is 1.